The molecule has 1 heterocycles. The second-order valence-corrected chi connectivity index (χ2v) is 7.69. The van der Waals surface area contributed by atoms with E-state index < -0.39 is 0 Å². The van der Waals surface area contributed by atoms with E-state index in [-0.39, 0.29) is 11.7 Å². The van der Waals surface area contributed by atoms with Crippen LogP contribution < -0.4 is 9.47 Å². The standard InChI is InChI=1S/C23H26N2O4S/c1-4-6-13-29-19-12-7-16(14-20(19)28-3)15-21-22(27)25(5-2)23(30-21)24-17-8-10-18(26)11-9-17/h7-12,14-15,26H,4-6,13H2,1-3H3/b21-15-,24-23?. The Hall–Kier alpha value is -2.93. The van der Waals surface area contributed by atoms with Crippen molar-refractivity contribution in [2.75, 3.05) is 20.3 Å². The molecule has 0 radical (unpaired) electrons. The number of amidine groups is 1. The molecule has 1 aliphatic heterocycles. The molecule has 158 valence electrons. The zero-order valence-corrected chi connectivity index (χ0v) is 18.2. The molecular formula is C23H26N2O4S. The van der Waals surface area contributed by atoms with Gasteiger partial charge in [0.05, 0.1) is 24.3 Å². The van der Waals surface area contributed by atoms with E-state index in [0.717, 1.165) is 18.4 Å². The number of hydrogen-bond donors (Lipinski definition) is 1. The van der Waals surface area contributed by atoms with Crippen LogP contribution in [-0.2, 0) is 4.79 Å². The first-order valence-corrected chi connectivity index (χ1v) is 10.8. The predicted molar refractivity (Wildman–Crippen MR) is 122 cm³/mol. The first-order chi connectivity index (χ1) is 14.5. The van der Waals surface area contributed by atoms with Gasteiger partial charge in [0.25, 0.3) is 5.91 Å². The van der Waals surface area contributed by atoms with Gasteiger partial charge in [0, 0.05) is 6.54 Å². The fraction of sp³-hybridized carbons (Fsp3) is 0.304. The second-order valence-electron chi connectivity index (χ2n) is 6.68. The highest BCUT2D eigenvalue weighted by molar-refractivity contribution is 8.18. The molecule has 2 aromatic carbocycles. The summed E-state index contributed by atoms with van der Waals surface area (Å²) in [4.78, 5) is 19.7. The molecule has 6 nitrogen and oxygen atoms in total. The van der Waals surface area contributed by atoms with Crippen molar-refractivity contribution in [2.45, 2.75) is 26.7 Å². The maximum atomic E-state index is 12.9. The molecule has 0 aromatic heterocycles. The highest BCUT2D eigenvalue weighted by Gasteiger charge is 2.32. The molecule has 0 unspecified atom stereocenters. The Kier molecular flexibility index (Phi) is 7.41. The lowest BCUT2D eigenvalue weighted by molar-refractivity contribution is -0.122. The molecule has 30 heavy (non-hydrogen) atoms. The summed E-state index contributed by atoms with van der Waals surface area (Å²) < 4.78 is 11.2. The first-order valence-electron chi connectivity index (χ1n) is 9.95. The summed E-state index contributed by atoms with van der Waals surface area (Å²) in [6, 6.07) is 12.2. The van der Waals surface area contributed by atoms with E-state index in [1.54, 1.807) is 36.3 Å². The number of ether oxygens (including phenoxy) is 2. The number of thioether (sulfide) groups is 1. The fourth-order valence-electron chi connectivity index (χ4n) is 2.88. The molecule has 7 heteroatoms. The summed E-state index contributed by atoms with van der Waals surface area (Å²) in [6.07, 6.45) is 3.89. The quantitative estimate of drug-likeness (QED) is 0.464. The molecule has 0 bridgehead atoms. The number of phenolic OH excluding ortho intramolecular Hbond substituents is 1. The summed E-state index contributed by atoms with van der Waals surface area (Å²) >= 11 is 1.33. The number of likely N-dealkylation sites (N-methyl/N-ethyl adjacent to an activating group) is 1. The number of unbranched alkanes of at least 4 members (excludes halogenated alkanes) is 1. The number of aromatic hydroxyl groups is 1. The number of hydrogen-bond acceptors (Lipinski definition) is 6. The molecular weight excluding hydrogens is 400 g/mol. The van der Waals surface area contributed by atoms with Gasteiger partial charge in [-0.15, -0.1) is 0 Å². The topological polar surface area (TPSA) is 71.4 Å². The average molecular weight is 427 g/mol. The molecule has 1 N–H and O–H groups in total. The second kappa shape index (κ2) is 10.2. The summed E-state index contributed by atoms with van der Waals surface area (Å²) in [5.41, 5.74) is 1.53. The molecule has 1 fully saturated rings. The van der Waals surface area contributed by atoms with Gasteiger partial charge in [-0.1, -0.05) is 19.4 Å². The predicted octanol–water partition coefficient (Wildman–Crippen LogP) is 5.20. The van der Waals surface area contributed by atoms with Gasteiger partial charge in [0.15, 0.2) is 16.7 Å². The Balaban J connectivity index is 1.84. The fourth-order valence-corrected chi connectivity index (χ4v) is 3.94. The van der Waals surface area contributed by atoms with Crippen LogP contribution in [0.4, 0.5) is 5.69 Å². The van der Waals surface area contributed by atoms with Crippen LogP contribution in [0.1, 0.15) is 32.3 Å². The van der Waals surface area contributed by atoms with Crippen LogP contribution in [0.5, 0.6) is 17.2 Å². The van der Waals surface area contributed by atoms with E-state index >= 15 is 0 Å². The Morgan fingerprint density at radius 3 is 2.57 bits per heavy atom. The molecule has 0 atom stereocenters. The molecule has 1 saturated heterocycles. The first kappa shape index (κ1) is 21.8. The van der Waals surface area contributed by atoms with Crippen molar-refractivity contribution in [2.24, 2.45) is 4.99 Å². The minimum Gasteiger partial charge on any atom is -0.508 e. The Morgan fingerprint density at radius 2 is 1.90 bits per heavy atom. The van der Waals surface area contributed by atoms with Crippen LogP contribution in [0.25, 0.3) is 6.08 Å². The van der Waals surface area contributed by atoms with E-state index in [1.165, 1.54) is 11.8 Å². The highest BCUT2D eigenvalue weighted by atomic mass is 32.2. The third-order valence-electron chi connectivity index (χ3n) is 4.52. The Labute approximate surface area is 181 Å². The summed E-state index contributed by atoms with van der Waals surface area (Å²) in [6.45, 7) is 5.20. The van der Waals surface area contributed by atoms with Crippen molar-refractivity contribution >= 4 is 34.6 Å². The number of benzene rings is 2. The van der Waals surface area contributed by atoms with Gasteiger partial charge in [-0.05, 0) is 73.1 Å². The van der Waals surface area contributed by atoms with Gasteiger partial charge < -0.3 is 14.6 Å². The Morgan fingerprint density at radius 1 is 1.13 bits per heavy atom. The number of nitrogens with zero attached hydrogens (tertiary/aromatic N) is 2. The lowest BCUT2D eigenvalue weighted by atomic mass is 10.2. The summed E-state index contributed by atoms with van der Waals surface area (Å²) in [5.74, 6) is 1.44. The van der Waals surface area contributed by atoms with Crippen LogP contribution in [0, 0.1) is 0 Å². The highest BCUT2D eigenvalue weighted by Crippen LogP contribution is 2.36. The number of phenols is 1. The number of methoxy groups -OCH3 is 1. The van der Waals surface area contributed by atoms with Crippen LogP contribution in [0.3, 0.4) is 0 Å². The lowest BCUT2D eigenvalue weighted by Crippen LogP contribution is -2.28. The third-order valence-corrected chi connectivity index (χ3v) is 5.53. The van der Waals surface area contributed by atoms with E-state index in [1.807, 2.05) is 31.2 Å². The van der Waals surface area contributed by atoms with Gasteiger partial charge in [-0.25, -0.2) is 4.99 Å². The van der Waals surface area contributed by atoms with Gasteiger partial charge >= 0.3 is 0 Å². The smallest absolute Gasteiger partial charge is 0.266 e. The number of carbonyl (C=O) groups is 1. The molecule has 2 aromatic rings. The lowest BCUT2D eigenvalue weighted by Gasteiger charge is -2.12. The number of amides is 1. The maximum Gasteiger partial charge on any atom is 0.266 e. The molecule has 1 aliphatic rings. The normalized spacial score (nSPS) is 16.5. The van der Waals surface area contributed by atoms with Crippen molar-refractivity contribution in [3.05, 3.63) is 52.9 Å². The van der Waals surface area contributed by atoms with Crippen molar-refractivity contribution in [3.63, 3.8) is 0 Å². The maximum absolute atomic E-state index is 12.9. The molecule has 0 saturated carbocycles. The zero-order chi connectivity index (χ0) is 21.5. The monoisotopic (exact) mass is 426 g/mol. The molecule has 1 amide bonds. The van der Waals surface area contributed by atoms with E-state index in [2.05, 4.69) is 11.9 Å². The van der Waals surface area contributed by atoms with Crippen molar-refractivity contribution in [3.8, 4) is 17.2 Å². The van der Waals surface area contributed by atoms with Crippen molar-refractivity contribution < 1.29 is 19.4 Å². The largest absolute Gasteiger partial charge is 0.508 e. The molecule has 0 spiro atoms. The number of rotatable bonds is 8. The van der Waals surface area contributed by atoms with Crippen LogP contribution in [-0.4, -0.2) is 41.3 Å². The molecule has 0 aliphatic carbocycles. The average Bonchev–Trinajstić information content (AvgIpc) is 3.04. The van der Waals surface area contributed by atoms with E-state index in [0.29, 0.717) is 40.4 Å². The van der Waals surface area contributed by atoms with Crippen molar-refractivity contribution in [1.82, 2.24) is 4.90 Å². The third kappa shape index (κ3) is 5.16. The summed E-state index contributed by atoms with van der Waals surface area (Å²) in [5, 5.41) is 10.1. The summed E-state index contributed by atoms with van der Waals surface area (Å²) in [7, 11) is 1.61. The van der Waals surface area contributed by atoms with E-state index in [9.17, 15) is 9.90 Å². The number of carbonyl (C=O) groups excluding carboxylic acids is 1. The van der Waals surface area contributed by atoms with Gasteiger partial charge in [0.2, 0.25) is 0 Å². The van der Waals surface area contributed by atoms with Crippen LogP contribution in [0.15, 0.2) is 52.4 Å². The van der Waals surface area contributed by atoms with Crippen molar-refractivity contribution in [1.29, 1.82) is 0 Å². The Bertz CT molecular complexity index is 954. The van der Waals surface area contributed by atoms with Crippen LogP contribution in [0.2, 0.25) is 0 Å². The zero-order valence-electron chi connectivity index (χ0n) is 17.4. The van der Waals surface area contributed by atoms with Gasteiger partial charge in [-0.2, -0.15) is 0 Å². The SMILES string of the molecule is CCCCOc1ccc(/C=C2\SC(=Nc3ccc(O)cc3)N(CC)C2=O)cc1OC. The molecule has 3 rings (SSSR count). The van der Waals surface area contributed by atoms with E-state index in [4.69, 9.17) is 9.47 Å². The van der Waals surface area contributed by atoms with Gasteiger partial charge in [0.1, 0.15) is 5.75 Å². The minimum absolute atomic E-state index is 0.0812. The van der Waals surface area contributed by atoms with Crippen LogP contribution >= 0.6 is 11.8 Å². The van der Waals surface area contributed by atoms with Gasteiger partial charge in [-0.3, -0.25) is 9.69 Å². The minimum atomic E-state index is -0.0812. The number of aliphatic imine (C=N–C) groups is 1.